The van der Waals surface area contributed by atoms with Crippen molar-refractivity contribution in [3.8, 4) is 5.75 Å². The van der Waals surface area contributed by atoms with E-state index in [1.165, 1.54) is 11.3 Å². The molecular formula is C13H10BrClO2S. The lowest BCUT2D eigenvalue weighted by molar-refractivity contribution is 0.0992. The molecular weight excluding hydrogens is 336 g/mol. The second-order valence-electron chi connectivity index (χ2n) is 3.65. The topological polar surface area (TPSA) is 26.3 Å². The number of methoxy groups -OCH3 is 1. The molecule has 0 saturated carbocycles. The molecule has 18 heavy (non-hydrogen) atoms. The number of hydrogen-bond donors (Lipinski definition) is 0. The van der Waals surface area contributed by atoms with Gasteiger partial charge in [-0.05, 0) is 30.3 Å². The first kappa shape index (κ1) is 13.6. The number of thiophene rings is 1. The highest BCUT2D eigenvalue weighted by Crippen LogP contribution is 2.26. The zero-order valence-electron chi connectivity index (χ0n) is 9.57. The minimum absolute atomic E-state index is 0.0410. The van der Waals surface area contributed by atoms with Crippen molar-refractivity contribution in [3.63, 3.8) is 0 Å². The van der Waals surface area contributed by atoms with Gasteiger partial charge < -0.3 is 4.74 Å². The van der Waals surface area contributed by atoms with E-state index in [2.05, 4.69) is 15.9 Å². The van der Waals surface area contributed by atoms with Crippen molar-refractivity contribution in [2.24, 2.45) is 0 Å². The third kappa shape index (κ3) is 3.13. The Morgan fingerprint density at radius 1 is 1.39 bits per heavy atom. The molecule has 94 valence electrons. The molecule has 1 aromatic carbocycles. The molecule has 2 aromatic rings. The van der Waals surface area contributed by atoms with Gasteiger partial charge in [0, 0.05) is 21.3 Å². The lowest BCUT2D eigenvalue weighted by atomic mass is 10.1. The van der Waals surface area contributed by atoms with Crippen LogP contribution in [0.1, 0.15) is 15.2 Å². The predicted molar refractivity (Wildman–Crippen MR) is 78.1 cm³/mol. The average molecular weight is 346 g/mol. The second kappa shape index (κ2) is 5.87. The van der Waals surface area contributed by atoms with Crippen LogP contribution in [0, 0.1) is 0 Å². The molecule has 5 heteroatoms. The van der Waals surface area contributed by atoms with Crippen molar-refractivity contribution in [2.75, 3.05) is 7.11 Å². The van der Waals surface area contributed by atoms with Crippen molar-refractivity contribution < 1.29 is 9.53 Å². The lowest BCUT2D eigenvalue weighted by Crippen LogP contribution is -2.03. The summed E-state index contributed by atoms with van der Waals surface area (Å²) in [6, 6.07) is 9.03. The van der Waals surface area contributed by atoms with E-state index in [-0.39, 0.29) is 5.78 Å². The summed E-state index contributed by atoms with van der Waals surface area (Å²) in [5.41, 5.74) is 0.624. The average Bonchev–Trinajstić information content (AvgIpc) is 2.75. The quantitative estimate of drug-likeness (QED) is 0.757. The van der Waals surface area contributed by atoms with Crippen molar-refractivity contribution in [2.45, 2.75) is 6.42 Å². The standard InChI is InChI=1S/C13H10BrClO2S/c1-17-8-2-4-11(14)10(6-8)12(16)7-9-3-5-13(15)18-9/h2-6H,7H2,1H3. The number of benzene rings is 1. The van der Waals surface area contributed by atoms with Crippen LogP contribution in [-0.4, -0.2) is 12.9 Å². The number of halogens is 2. The Morgan fingerprint density at radius 3 is 2.78 bits per heavy atom. The summed E-state index contributed by atoms with van der Waals surface area (Å²) in [6.45, 7) is 0. The number of hydrogen-bond acceptors (Lipinski definition) is 3. The molecule has 0 spiro atoms. The van der Waals surface area contributed by atoms with E-state index in [1.54, 1.807) is 19.2 Å². The van der Waals surface area contributed by atoms with Crippen molar-refractivity contribution in [1.29, 1.82) is 0 Å². The van der Waals surface area contributed by atoms with Crippen molar-refractivity contribution >= 4 is 44.7 Å². The van der Waals surface area contributed by atoms with Crippen molar-refractivity contribution in [3.05, 3.63) is 49.6 Å². The van der Waals surface area contributed by atoms with Gasteiger partial charge in [0.05, 0.1) is 11.4 Å². The van der Waals surface area contributed by atoms with E-state index < -0.39 is 0 Å². The first-order chi connectivity index (χ1) is 8.60. The summed E-state index contributed by atoms with van der Waals surface area (Å²) in [4.78, 5) is 13.1. The number of ether oxygens (including phenoxy) is 1. The van der Waals surface area contributed by atoms with E-state index in [9.17, 15) is 4.79 Å². The molecule has 0 N–H and O–H groups in total. The van der Waals surface area contributed by atoms with E-state index >= 15 is 0 Å². The van der Waals surface area contributed by atoms with Gasteiger partial charge >= 0.3 is 0 Å². The van der Waals surface area contributed by atoms with Crippen LogP contribution in [0.3, 0.4) is 0 Å². The number of carbonyl (C=O) groups is 1. The van der Waals surface area contributed by atoms with Gasteiger partial charge in [-0.15, -0.1) is 11.3 Å². The Kier molecular flexibility index (Phi) is 4.43. The fourth-order valence-corrected chi connectivity index (χ4v) is 3.10. The smallest absolute Gasteiger partial charge is 0.169 e. The first-order valence-corrected chi connectivity index (χ1v) is 7.20. The number of Topliss-reactive ketones (excluding diaryl/α,β-unsaturated/α-hetero) is 1. The van der Waals surface area contributed by atoms with Gasteiger partial charge in [0.2, 0.25) is 0 Å². The van der Waals surface area contributed by atoms with Gasteiger partial charge in [0.15, 0.2) is 5.78 Å². The largest absolute Gasteiger partial charge is 0.497 e. The minimum Gasteiger partial charge on any atom is -0.497 e. The van der Waals surface area contributed by atoms with Crippen LogP contribution in [0.5, 0.6) is 5.75 Å². The Balaban J connectivity index is 2.23. The van der Waals surface area contributed by atoms with Crippen LogP contribution in [0.2, 0.25) is 4.34 Å². The second-order valence-corrected chi connectivity index (χ2v) is 6.31. The van der Waals surface area contributed by atoms with E-state index in [0.717, 1.165) is 9.35 Å². The SMILES string of the molecule is COc1ccc(Br)c(C(=O)Cc2ccc(Cl)s2)c1. The van der Waals surface area contributed by atoms with Gasteiger partial charge in [-0.1, -0.05) is 27.5 Å². The maximum Gasteiger partial charge on any atom is 0.169 e. The Morgan fingerprint density at radius 2 is 2.17 bits per heavy atom. The van der Waals surface area contributed by atoms with E-state index in [4.69, 9.17) is 16.3 Å². The first-order valence-electron chi connectivity index (χ1n) is 5.21. The van der Waals surface area contributed by atoms with Gasteiger partial charge in [-0.3, -0.25) is 4.79 Å². The zero-order valence-corrected chi connectivity index (χ0v) is 12.7. The molecule has 0 atom stereocenters. The molecule has 1 heterocycles. The number of carbonyl (C=O) groups excluding carboxylic acids is 1. The van der Waals surface area contributed by atoms with E-state index in [0.29, 0.717) is 22.1 Å². The molecule has 0 aliphatic carbocycles. The van der Waals surface area contributed by atoms with Crippen LogP contribution >= 0.6 is 38.9 Å². The summed E-state index contributed by atoms with van der Waals surface area (Å²) in [5, 5.41) is 0. The summed E-state index contributed by atoms with van der Waals surface area (Å²) < 4.78 is 6.59. The summed E-state index contributed by atoms with van der Waals surface area (Å²) in [7, 11) is 1.58. The van der Waals surface area contributed by atoms with Gasteiger partial charge in [-0.25, -0.2) is 0 Å². The minimum atomic E-state index is 0.0410. The summed E-state index contributed by atoms with van der Waals surface area (Å²) in [5.74, 6) is 0.713. The van der Waals surface area contributed by atoms with Gasteiger partial charge in [0.25, 0.3) is 0 Å². The van der Waals surface area contributed by atoms with Crippen LogP contribution in [0.4, 0.5) is 0 Å². The van der Waals surface area contributed by atoms with Gasteiger partial charge in [-0.2, -0.15) is 0 Å². The maximum atomic E-state index is 12.2. The lowest BCUT2D eigenvalue weighted by Gasteiger charge is -2.05. The Labute approximate surface area is 123 Å². The zero-order chi connectivity index (χ0) is 13.1. The number of rotatable bonds is 4. The summed E-state index contributed by atoms with van der Waals surface area (Å²) in [6.07, 6.45) is 0.350. The molecule has 0 aliphatic heterocycles. The molecule has 2 nitrogen and oxygen atoms in total. The van der Waals surface area contributed by atoms with E-state index in [1.807, 2.05) is 18.2 Å². The molecule has 0 unspecified atom stereocenters. The molecule has 1 aromatic heterocycles. The molecule has 0 aliphatic rings. The molecule has 0 saturated heterocycles. The third-order valence-electron chi connectivity index (χ3n) is 2.44. The fourth-order valence-electron chi connectivity index (χ4n) is 1.55. The molecule has 0 radical (unpaired) electrons. The number of ketones is 1. The predicted octanol–water partition coefficient (Wildman–Crippen LogP) is 4.60. The van der Waals surface area contributed by atoms with Crippen LogP contribution < -0.4 is 4.74 Å². The maximum absolute atomic E-state index is 12.2. The molecule has 0 amide bonds. The Bertz CT molecular complexity index is 580. The van der Waals surface area contributed by atoms with Gasteiger partial charge in [0.1, 0.15) is 5.75 Å². The molecule has 0 bridgehead atoms. The van der Waals surface area contributed by atoms with Crippen LogP contribution in [-0.2, 0) is 6.42 Å². The van der Waals surface area contributed by atoms with Crippen LogP contribution in [0.25, 0.3) is 0 Å². The normalized spacial score (nSPS) is 10.4. The third-order valence-corrected chi connectivity index (χ3v) is 4.36. The monoisotopic (exact) mass is 344 g/mol. The molecule has 2 rings (SSSR count). The van der Waals surface area contributed by atoms with Crippen LogP contribution in [0.15, 0.2) is 34.8 Å². The summed E-state index contributed by atoms with van der Waals surface area (Å²) >= 11 is 10.7. The highest BCUT2D eigenvalue weighted by molar-refractivity contribution is 9.10. The molecule has 0 fully saturated rings. The Hall–Kier alpha value is -0.840. The highest BCUT2D eigenvalue weighted by atomic mass is 79.9. The fraction of sp³-hybridized carbons (Fsp3) is 0.154. The van der Waals surface area contributed by atoms with Crippen molar-refractivity contribution in [1.82, 2.24) is 0 Å². The highest BCUT2D eigenvalue weighted by Gasteiger charge is 2.13.